The molecular weight excluding hydrogens is 318 g/mol. The van der Waals surface area contributed by atoms with Crippen molar-refractivity contribution in [1.82, 2.24) is 15.5 Å². The van der Waals surface area contributed by atoms with Crippen LogP contribution in [0.1, 0.15) is 32.6 Å². The van der Waals surface area contributed by atoms with Gasteiger partial charge in [-0.25, -0.2) is 8.42 Å². The fourth-order valence-corrected chi connectivity index (χ4v) is 4.29. The molecule has 2 rings (SSSR count). The van der Waals surface area contributed by atoms with Crippen LogP contribution >= 0.6 is 0 Å². The van der Waals surface area contributed by atoms with Gasteiger partial charge >= 0.3 is 0 Å². The third-order valence-corrected chi connectivity index (χ3v) is 6.25. The summed E-state index contributed by atoms with van der Waals surface area (Å²) < 4.78 is 22.8. The lowest BCUT2D eigenvalue weighted by Crippen LogP contribution is -2.51. The molecule has 2 fully saturated rings. The lowest BCUT2D eigenvalue weighted by molar-refractivity contribution is -0.135. The van der Waals surface area contributed by atoms with E-state index in [0.717, 1.165) is 32.4 Å². The molecule has 132 valence electrons. The van der Waals surface area contributed by atoms with Crippen LogP contribution in [0, 0.1) is 5.92 Å². The molecule has 0 saturated carbocycles. The maximum Gasteiger partial charge on any atom is 0.244 e. The van der Waals surface area contributed by atoms with Crippen LogP contribution in [0.3, 0.4) is 0 Å². The molecule has 7 nitrogen and oxygen atoms in total. The molecule has 8 heteroatoms. The Morgan fingerprint density at radius 1 is 1.22 bits per heavy atom. The Kier molecular flexibility index (Phi) is 6.41. The van der Waals surface area contributed by atoms with Gasteiger partial charge in [-0.05, 0) is 45.2 Å². The van der Waals surface area contributed by atoms with Crippen molar-refractivity contribution in [1.29, 1.82) is 0 Å². The summed E-state index contributed by atoms with van der Waals surface area (Å²) in [6.45, 7) is 4.12. The zero-order valence-electron chi connectivity index (χ0n) is 13.7. The largest absolute Gasteiger partial charge is 0.345 e. The van der Waals surface area contributed by atoms with Crippen molar-refractivity contribution in [3.8, 4) is 0 Å². The Hall–Kier alpha value is -1.15. The van der Waals surface area contributed by atoms with E-state index in [4.69, 9.17) is 0 Å². The lowest BCUT2D eigenvalue weighted by atomic mass is 9.93. The quantitative estimate of drug-likeness (QED) is 0.702. The van der Waals surface area contributed by atoms with Gasteiger partial charge in [-0.2, -0.15) is 0 Å². The van der Waals surface area contributed by atoms with Gasteiger partial charge in [0.15, 0.2) is 9.84 Å². The number of hydrogen-bond donors (Lipinski definition) is 2. The van der Waals surface area contributed by atoms with Gasteiger partial charge in [0.1, 0.15) is 6.04 Å². The van der Waals surface area contributed by atoms with Crippen molar-refractivity contribution in [3.63, 3.8) is 0 Å². The summed E-state index contributed by atoms with van der Waals surface area (Å²) in [4.78, 5) is 25.8. The predicted octanol–water partition coefficient (Wildman–Crippen LogP) is -0.472. The van der Waals surface area contributed by atoms with Crippen LogP contribution in [0.5, 0.6) is 0 Å². The SMILES string of the molecule is CC(NC(=O)CCC1CCNCC1)C(=O)N1CCS(=O)(=O)CC1. The second-order valence-corrected chi connectivity index (χ2v) is 8.80. The van der Waals surface area contributed by atoms with Crippen LogP contribution in [0.2, 0.25) is 0 Å². The number of carbonyl (C=O) groups is 2. The number of nitrogens with zero attached hydrogens (tertiary/aromatic N) is 1. The van der Waals surface area contributed by atoms with Crippen LogP contribution < -0.4 is 10.6 Å². The third-order valence-electron chi connectivity index (χ3n) is 4.64. The number of sulfone groups is 1. The summed E-state index contributed by atoms with van der Waals surface area (Å²) in [5.41, 5.74) is 0. The molecule has 0 bridgehead atoms. The molecule has 2 aliphatic rings. The van der Waals surface area contributed by atoms with Crippen molar-refractivity contribution < 1.29 is 18.0 Å². The summed E-state index contributed by atoms with van der Waals surface area (Å²) in [6, 6.07) is -0.601. The van der Waals surface area contributed by atoms with E-state index in [9.17, 15) is 18.0 Å². The molecule has 1 unspecified atom stereocenters. The van der Waals surface area contributed by atoms with Crippen molar-refractivity contribution in [2.75, 3.05) is 37.7 Å². The van der Waals surface area contributed by atoms with E-state index in [0.29, 0.717) is 12.3 Å². The number of rotatable bonds is 5. The fourth-order valence-electron chi connectivity index (χ4n) is 3.09. The number of piperidine rings is 1. The maximum atomic E-state index is 12.3. The molecule has 2 aliphatic heterocycles. The number of nitrogens with one attached hydrogen (secondary N) is 2. The first-order valence-electron chi connectivity index (χ1n) is 8.37. The Morgan fingerprint density at radius 2 is 1.83 bits per heavy atom. The monoisotopic (exact) mass is 345 g/mol. The molecule has 23 heavy (non-hydrogen) atoms. The molecule has 2 amide bonds. The zero-order chi connectivity index (χ0) is 16.9. The Labute approximate surface area is 138 Å². The Morgan fingerprint density at radius 3 is 2.43 bits per heavy atom. The smallest absolute Gasteiger partial charge is 0.244 e. The van der Waals surface area contributed by atoms with Gasteiger partial charge in [0.05, 0.1) is 11.5 Å². The fraction of sp³-hybridized carbons (Fsp3) is 0.867. The second kappa shape index (κ2) is 8.10. The summed E-state index contributed by atoms with van der Waals surface area (Å²) in [5.74, 6) is 0.300. The highest BCUT2D eigenvalue weighted by Gasteiger charge is 2.28. The van der Waals surface area contributed by atoms with Gasteiger partial charge in [0.25, 0.3) is 0 Å². The molecule has 0 spiro atoms. The highest BCUT2D eigenvalue weighted by Crippen LogP contribution is 2.17. The normalized spacial score (nSPS) is 23.3. The van der Waals surface area contributed by atoms with Crippen LogP contribution in [-0.2, 0) is 19.4 Å². The van der Waals surface area contributed by atoms with Gasteiger partial charge in [0, 0.05) is 19.5 Å². The average Bonchev–Trinajstić information content (AvgIpc) is 2.53. The minimum Gasteiger partial charge on any atom is -0.345 e. The van der Waals surface area contributed by atoms with Crippen molar-refractivity contribution in [2.45, 2.75) is 38.6 Å². The van der Waals surface area contributed by atoms with E-state index in [1.807, 2.05) is 0 Å². The van der Waals surface area contributed by atoms with Gasteiger partial charge in [-0.15, -0.1) is 0 Å². The second-order valence-electron chi connectivity index (χ2n) is 6.50. The van der Waals surface area contributed by atoms with E-state index >= 15 is 0 Å². The van der Waals surface area contributed by atoms with Gasteiger partial charge in [-0.3, -0.25) is 9.59 Å². The molecule has 0 aromatic carbocycles. The van der Waals surface area contributed by atoms with Gasteiger partial charge < -0.3 is 15.5 Å². The predicted molar refractivity (Wildman–Crippen MR) is 87.7 cm³/mol. The Bertz CT molecular complexity index is 515. The van der Waals surface area contributed by atoms with Crippen molar-refractivity contribution >= 4 is 21.7 Å². The lowest BCUT2D eigenvalue weighted by Gasteiger charge is -2.29. The van der Waals surface area contributed by atoms with E-state index in [-0.39, 0.29) is 36.4 Å². The molecule has 0 aromatic rings. The standard InChI is InChI=1S/C15H27N3O4S/c1-12(15(20)18-8-10-23(21,22)11-9-18)17-14(19)3-2-13-4-6-16-7-5-13/h12-13,16H,2-11H2,1H3,(H,17,19). The third kappa shape index (κ3) is 5.76. The van der Waals surface area contributed by atoms with E-state index < -0.39 is 15.9 Å². The van der Waals surface area contributed by atoms with Crippen LogP contribution in [-0.4, -0.2) is 68.9 Å². The highest BCUT2D eigenvalue weighted by atomic mass is 32.2. The minimum atomic E-state index is -3.01. The molecule has 2 heterocycles. The van der Waals surface area contributed by atoms with E-state index in [2.05, 4.69) is 10.6 Å². The average molecular weight is 345 g/mol. The Balaban J connectivity index is 1.71. The topological polar surface area (TPSA) is 95.6 Å². The highest BCUT2D eigenvalue weighted by molar-refractivity contribution is 7.91. The first-order valence-corrected chi connectivity index (χ1v) is 10.2. The molecular formula is C15H27N3O4S. The molecule has 0 aliphatic carbocycles. The molecule has 0 radical (unpaired) electrons. The van der Waals surface area contributed by atoms with Crippen LogP contribution in [0.4, 0.5) is 0 Å². The van der Waals surface area contributed by atoms with Crippen molar-refractivity contribution in [2.24, 2.45) is 5.92 Å². The van der Waals surface area contributed by atoms with Crippen molar-refractivity contribution in [3.05, 3.63) is 0 Å². The van der Waals surface area contributed by atoms with E-state index in [1.165, 1.54) is 4.90 Å². The van der Waals surface area contributed by atoms with Gasteiger partial charge in [0.2, 0.25) is 11.8 Å². The zero-order valence-corrected chi connectivity index (χ0v) is 14.5. The summed E-state index contributed by atoms with van der Waals surface area (Å²) in [6.07, 6.45) is 3.50. The molecule has 2 saturated heterocycles. The molecule has 1 atom stereocenters. The van der Waals surface area contributed by atoms with Crippen LogP contribution in [0.15, 0.2) is 0 Å². The first kappa shape index (κ1) is 18.2. The molecule has 2 N–H and O–H groups in total. The number of carbonyl (C=O) groups excluding carboxylic acids is 2. The first-order chi connectivity index (χ1) is 10.9. The number of hydrogen-bond acceptors (Lipinski definition) is 5. The van der Waals surface area contributed by atoms with Gasteiger partial charge in [-0.1, -0.05) is 0 Å². The number of amides is 2. The molecule has 0 aromatic heterocycles. The maximum absolute atomic E-state index is 12.3. The minimum absolute atomic E-state index is 0.00905. The summed E-state index contributed by atoms with van der Waals surface area (Å²) in [7, 11) is -3.01. The van der Waals surface area contributed by atoms with E-state index in [1.54, 1.807) is 6.92 Å². The summed E-state index contributed by atoms with van der Waals surface area (Å²) >= 11 is 0. The van der Waals surface area contributed by atoms with Crippen LogP contribution in [0.25, 0.3) is 0 Å². The summed E-state index contributed by atoms with van der Waals surface area (Å²) in [5, 5.41) is 6.04.